The zero-order chi connectivity index (χ0) is 28.5. The number of hydrogen-bond donors (Lipinski definition) is 0. The molecule has 0 amide bonds. The largest absolute Gasteiger partial charge is 0.455 e. The third-order valence-electron chi connectivity index (χ3n) is 7.51. The van der Waals surface area contributed by atoms with Gasteiger partial charge in [-0.3, -0.25) is 0 Å². The molecule has 5 heteroatoms. The van der Waals surface area contributed by atoms with Crippen LogP contribution in [0.2, 0.25) is 0 Å². The molecule has 211 valence electrons. The Kier molecular flexibility index (Phi) is 8.02. The van der Waals surface area contributed by atoms with Crippen LogP contribution in [0.3, 0.4) is 0 Å². The van der Waals surface area contributed by atoms with Gasteiger partial charge in [0, 0.05) is 53.7 Å². The number of hydrogen-bond acceptors (Lipinski definition) is 4. The van der Waals surface area contributed by atoms with Crippen LogP contribution in [0.15, 0.2) is 130 Å². The second-order valence-corrected chi connectivity index (χ2v) is 10.2. The molecule has 0 saturated heterocycles. The molecule has 3 heterocycles. The summed E-state index contributed by atoms with van der Waals surface area (Å²) < 4.78 is 11.7. The molecule has 5 aromatic carbocycles. The first-order valence-corrected chi connectivity index (χ1v) is 13.8. The van der Waals surface area contributed by atoms with Crippen LogP contribution in [0.5, 0.6) is 0 Å². The molecule has 0 spiro atoms. The van der Waals surface area contributed by atoms with E-state index >= 15 is 0 Å². The SMILES string of the molecule is Cc1cnc(-c2[c-]cccc2)cc1C.[Ir].[c-]1ccc(-c2cccc3c2oc2ccccc23)cc1-c1noc2ccccc12. The Bertz CT molecular complexity index is 2180. The second kappa shape index (κ2) is 12.2. The fourth-order valence-electron chi connectivity index (χ4n) is 5.15. The van der Waals surface area contributed by atoms with Crippen molar-refractivity contribution in [1.29, 1.82) is 0 Å². The Morgan fingerprint density at radius 2 is 1.37 bits per heavy atom. The Balaban J connectivity index is 0.000000186. The first-order valence-electron chi connectivity index (χ1n) is 13.8. The van der Waals surface area contributed by atoms with E-state index in [2.05, 4.69) is 72.5 Å². The van der Waals surface area contributed by atoms with E-state index < -0.39 is 0 Å². The molecule has 8 aromatic rings. The quantitative estimate of drug-likeness (QED) is 0.170. The Labute approximate surface area is 263 Å². The van der Waals surface area contributed by atoms with Crippen LogP contribution < -0.4 is 0 Å². The molecule has 4 nitrogen and oxygen atoms in total. The molecular formula is C38H26IrN2O2-2. The number of fused-ring (bicyclic) bond motifs is 4. The summed E-state index contributed by atoms with van der Waals surface area (Å²) in [6.07, 6.45) is 1.91. The maximum Gasteiger partial charge on any atom is 0.157 e. The van der Waals surface area contributed by atoms with Gasteiger partial charge in [0.1, 0.15) is 11.2 Å². The van der Waals surface area contributed by atoms with Gasteiger partial charge in [0.25, 0.3) is 0 Å². The van der Waals surface area contributed by atoms with Crippen molar-refractivity contribution in [1.82, 2.24) is 10.1 Å². The predicted octanol–water partition coefficient (Wildman–Crippen LogP) is 10.0. The van der Waals surface area contributed by atoms with E-state index in [4.69, 9.17) is 8.94 Å². The monoisotopic (exact) mass is 735 g/mol. The minimum Gasteiger partial charge on any atom is -0.455 e. The smallest absolute Gasteiger partial charge is 0.157 e. The molecule has 0 saturated carbocycles. The zero-order valence-electron chi connectivity index (χ0n) is 23.6. The van der Waals surface area contributed by atoms with Gasteiger partial charge in [0.2, 0.25) is 0 Å². The number of furan rings is 1. The number of nitrogens with zero attached hydrogens (tertiary/aromatic N) is 2. The first kappa shape index (κ1) is 28.3. The van der Waals surface area contributed by atoms with E-state index in [1.54, 1.807) is 0 Å². The summed E-state index contributed by atoms with van der Waals surface area (Å²) in [7, 11) is 0. The minimum atomic E-state index is 0. The van der Waals surface area contributed by atoms with Crippen LogP contribution in [-0.2, 0) is 20.1 Å². The van der Waals surface area contributed by atoms with Crippen LogP contribution >= 0.6 is 0 Å². The van der Waals surface area contributed by atoms with Crippen molar-refractivity contribution in [3.63, 3.8) is 0 Å². The van der Waals surface area contributed by atoms with Crippen molar-refractivity contribution in [3.8, 4) is 33.6 Å². The maximum absolute atomic E-state index is 6.19. The number of pyridine rings is 1. The third-order valence-corrected chi connectivity index (χ3v) is 7.51. The van der Waals surface area contributed by atoms with Gasteiger partial charge in [-0.25, -0.2) is 0 Å². The topological polar surface area (TPSA) is 52.1 Å². The first-order chi connectivity index (χ1) is 20.7. The Morgan fingerprint density at radius 1 is 0.628 bits per heavy atom. The van der Waals surface area contributed by atoms with Crippen molar-refractivity contribution in [2.45, 2.75) is 13.8 Å². The summed E-state index contributed by atoms with van der Waals surface area (Å²) in [6.45, 7) is 4.17. The molecule has 0 atom stereocenters. The zero-order valence-corrected chi connectivity index (χ0v) is 26.0. The van der Waals surface area contributed by atoms with Crippen LogP contribution in [0.4, 0.5) is 0 Å². The molecule has 1 radical (unpaired) electrons. The molecule has 3 aromatic heterocycles. The number of para-hydroxylation sites is 3. The molecule has 0 unspecified atom stereocenters. The van der Waals surface area contributed by atoms with E-state index in [0.717, 1.165) is 66.5 Å². The van der Waals surface area contributed by atoms with Crippen LogP contribution in [0.1, 0.15) is 11.1 Å². The average molecular weight is 735 g/mol. The van der Waals surface area contributed by atoms with Crippen molar-refractivity contribution >= 4 is 32.9 Å². The number of benzene rings is 5. The Morgan fingerprint density at radius 3 is 2.19 bits per heavy atom. The summed E-state index contributed by atoms with van der Waals surface area (Å²) in [5, 5.41) is 7.50. The van der Waals surface area contributed by atoms with Gasteiger partial charge in [-0.1, -0.05) is 71.8 Å². The van der Waals surface area contributed by atoms with E-state index in [1.165, 1.54) is 11.1 Å². The fraction of sp³-hybridized carbons (Fsp3) is 0.0526. The molecule has 0 aliphatic rings. The van der Waals surface area contributed by atoms with E-state index in [1.807, 2.05) is 85.1 Å². The molecule has 0 bridgehead atoms. The molecular weight excluding hydrogens is 709 g/mol. The van der Waals surface area contributed by atoms with E-state index in [9.17, 15) is 0 Å². The summed E-state index contributed by atoms with van der Waals surface area (Å²) in [5.74, 6) is 0. The van der Waals surface area contributed by atoms with Gasteiger partial charge in [0.05, 0.1) is 0 Å². The van der Waals surface area contributed by atoms with Crippen LogP contribution in [0.25, 0.3) is 66.5 Å². The normalized spacial score (nSPS) is 10.8. The van der Waals surface area contributed by atoms with Gasteiger partial charge in [0.15, 0.2) is 5.58 Å². The average Bonchev–Trinajstić information content (AvgIpc) is 3.65. The van der Waals surface area contributed by atoms with Crippen molar-refractivity contribution in [3.05, 3.63) is 145 Å². The number of aromatic nitrogens is 2. The minimum absolute atomic E-state index is 0. The van der Waals surface area contributed by atoms with Gasteiger partial charge < -0.3 is 13.9 Å². The van der Waals surface area contributed by atoms with Crippen LogP contribution in [0, 0.1) is 26.0 Å². The van der Waals surface area contributed by atoms with Gasteiger partial charge >= 0.3 is 0 Å². The summed E-state index contributed by atoms with van der Waals surface area (Å²) >= 11 is 0. The van der Waals surface area contributed by atoms with Gasteiger partial charge in [-0.05, 0) is 37.2 Å². The second-order valence-electron chi connectivity index (χ2n) is 10.2. The summed E-state index contributed by atoms with van der Waals surface area (Å²) in [6, 6.07) is 44.8. The van der Waals surface area contributed by atoms with Crippen molar-refractivity contribution in [2.24, 2.45) is 0 Å². The number of rotatable bonds is 3. The standard InChI is InChI=1S/C25H14NO2.C13H12N.Ir/c1-3-13-22-19(9-1)20-12-6-11-18(25(20)27-22)16-7-5-8-17(15-16)24-21-10-2-4-14-23(21)28-26-24;1-10-8-13(14-9-11(10)2)12-6-4-3-5-7-12;/h1-7,9-15H;3-6,8-9H,1-2H3;/q2*-1;. The molecule has 43 heavy (non-hydrogen) atoms. The molecule has 0 aliphatic carbocycles. The molecule has 0 fully saturated rings. The van der Waals surface area contributed by atoms with Gasteiger partial charge in [-0.2, -0.15) is 0 Å². The summed E-state index contributed by atoms with van der Waals surface area (Å²) in [5.41, 5.74) is 10.9. The summed E-state index contributed by atoms with van der Waals surface area (Å²) in [4.78, 5) is 4.38. The fourth-order valence-corrected chi connectivity index (χ4v) is 5.15. The predicted molar refractivity (Wildman–Crippen MR) is 169 cm³/mol. The maximum atomic E-state index is 6.19. The number of aryl methyl sites for hydroxylation is 2. The molecule has 8 rings (SSSR count). The van der Waals surface area contributed by atoms with E-state index in [-0.39, 0.29) is 20.1 Å². The van der Waals surface area contributed by atoms with Gasteiger partial charge in [-0.15, -0.1) is 70.9 Å². The van der Waals surface area contributed by atoms with Crippen molar-refractivity contribution in [2.75, 3.05) is 0 Å². The molecule has 0 N–H and O–H groups in total. The van der Waals surface area contributed by atoms with E-state index in [0.29, 0.717) is 0 Å². The molecule has 0 aliphatic heterocycles. The van der Waals surface area contributed by atoms with Crippen molar-refractivity contribution < 1.29 is 29.0 Å². The third kappa shape index (κ3) is 5.53. The Hall–Kier alpha value is -4.83. The van der Waals surface area contributed by atoms with Crippen LogP contribution in [-0.4, -0.2) is 10.1 Å².